The zero-order chi connectivity index (χ0) is 16.3. The Hall–Kier alpha value is -1.66. The lowest BCUT2D eigenvalue weighted by Crippen LogP contribution is -2.57. The minimum absolute atomic E-state index is 0.0654. The first-order valence-corrected chi connectivity index (χ1v) is 8.25. The number of methoxy groups -OCH3 is 1. The fraction of sp³-hybridized carbons (Fsp3) is 0.647. The molecule has 2 fully saturated rings. The highest BCUT2D eigenvalue weighted by Gasteiger charge is 2.47. The highest BCUT2D eigenvalue weighted by molar-refractivity contribution is 5.76. The second kappa shape index (κ2) is 6.84. The number of nitrogens with zero attached hydrogens (tertiary/aromatic N) is 2. The van der Waals surface area contributed by atoms with Crippen molar-refractivity contribution in [3.8, 4) is 0 Å². The maximum Gasteiger partial charge on any atom is 0.250 e. The van der Waals surface area contributed by atoms with E-state index in [4.69, 9.17) is 9.47 Å². The van der Waals surface area contributed by atoms with Crippen LogP contribution in [0.2, 0.25) is 0 Å². The van der Waals surface area contributed by atoms with Gasteiger partial charge >= 0.3 is 0 Å². The second-order valence-electron chi connectivity index (χ2n) is 6.31. The Labute approximate surface area is 136 Å². The molecule has 126 valence electrons. The van der Waals surface area contributed by atoms with E-state index in [-0.39, 0.29) is 23.2 Å². The minimum Gasteiger partial charge on any atom is -0.377 e. The van der Waals surface area contributed by atoms with Gasteiger partial charge in [-0.15, -0.1) is 0 Å². The molecule has 1 aromatic heterocycles. The van der Waals surface area contributed by atoms with Crippen molar-refractivity contribution in [3.63, 3.8) is 0 Å². The van der Waals surface area contributed by atoms with Gasteiger partial charge in [0.05, 0.1) is 5.60 Å². The lowest BCUT2D eigenvalue weighted by Gasteiger charge is -2.44. The monoisotopic (exact) mass is 320 g/mol. The van der Waals surface area contributed by atoms with Crippen molar-refractivity contribution in [1.82, 2.24) is 9.47 Å². The Morgan fingerprint density at radius 1 is 1.43 bits per heavy atom. The molecule has 23 heavy (non-hydrogen) atoms. The average molecular weight is 320 g/mol. The van der Waals surface area contributed by atoms with Crippen molar-refractivity contribution in [1.29, 1.82) is 0 Å². The van der Waals surface area contributed by atoms with Crippen molar-refractivity contribution in [2.75, 3.05) is 26.8 Å². The molecule has 0 aromatic carbocycles. The number of hydrogen-bond donors (Lipinski definition) is 0. The van der Waals surface area contributed by atoms with E-state index in [1.165, 1.54) is 6.07 Å². The van der Waals surface area contributed by atoms with E-state index in [2.05, 4.69) is 0 Å². The first-order chi connectivity index (χ1) is 11.1. The van der Waals surface area contributed by atoms with Crippen LogP contribution in [0.3, 0.4) is 0 Å². The van der Waals surface area contributed by atoms with Crippen LogP contribution in [-0.2, 0) is 20.8 Å². The van der Waals surface area contributed by atoms with Gasteiger partial charge in [0.1, 0.15) is 6.10 Å². The van der Waals surface area contributed by atoms with Crippen molar-refractivity contribution in [2.45, 2.75) is 43.9 Å². The molecule has 2 aliphatic heterocycles. The smallest absolute Gasteiger partial charge is 0.250 e. The quantitative estimate of drug-likeness (QED) is 0.831. The Bertz CT molecular complexity index is 607. The SMILES string of the molecule is CO[C@H]1CN(C(=O)CCn2ccccc2=O)CC[C@@]12CCCO2. The van der Waals surface area contributed by atoms with E-state index in [0.29, 0.717) is 26.1 Å². The zero-order valence-corrected chi connectivity index (χ0v) is 13.6. The summed E-state index contributed by atoms with van der Waals surface area (Å²) >= 11 is 0. The van der Waals surface area contributed by atoms with Gasteiger partial charge in [-0.3, -0.25) is 9.59 Å². The predicted molar refractivity (Wildman–Crippen MR) is 85.2 cm³/mol. The molecule has 0 N–H and O–H groups in total. The molecule has 1 spiro atoms. The molecule has 0 unspecified atom stereocenters. The lowest BCUT2D eigenvalue weighted by molar-refractivity contribution is -0.158. The van der Waals surface area contributed by atoms with Gasteiger partial charge < -0.3 is 18.9 Å². The average Bonchev–Trinajstić information content (AvgIpc) is 3.03. The first kappa shape index (κ1) is 16.2. The minimum atomic E-state index is -0.206. The van der Waals surface area contributed by atoms with Crippen LogP contribution in [-0.4, -0.2) is 53.9 Å². The Balaban J connectivity index is 1.58. The largest absolute Gasteiger partial charge is 0.377 e. The van der Waals surface area contributed by atoms with Crippen LogP contribution in [0.25, 0.3) is 0 Å². The Morgan fingerprint density at radius 2 is 2.30 bits per heavy atom. The van der Waals surface area contributed by atoms with E-state index in [0.717, 1.165) is 25.9 Å². The molecule has 0 radical (unpaired) electrons. The summed E-state index contributed by atoms with van der Waals surface area (Å²) in [5, 5.41) is 0. The topological polar surface area (TPSA) is 60.8 Å². The predicted octanol–water partition coefficient (Wildman–Crippen LogP) is 1.03. The lowest BCUT2D eigenvalue weighted by atomic mass is 9.85. The molecule has 1 aromatic rings. The van der Waals surface area contributed by atoms with Gasteiger partial charge in [0.2, 0.25) is 5.91 Å². The van der Waals surface area contributed by atoms with Crippen LogP contribution >= 0.6 is 0 Å². The van der Waals surface area contributed by atoms with Crippen LogP contribution in [0, 0.1) is 0 Å². The van der Waals surface area contributed by atoms with Crippen LogP contribution in [0.15, 0.2) is 29.2 Å². The van der Waals surface area contributed by atoms with Crippen molar-refractivity contribution < 1.29 is 14.3 Å². The molecule has 3 rings (SSSR count). The van der Waals surface area contributed by atoms with Crippen molar-refractivity contribution in [3.05, 3.63) is 34.7 Å². The van der Waals surface area contributed by atoms with Gasteiger partial charge in [-0.05, 0) is 25.3 Å². The number of aryl methyl sites for hydroxylation is 1. The van der Waals surface area contributed by atoms with Crippen LogP contribution in [0.5, 0.6) is 0 Å². The summed E-state index contributed by atoms with van der Waals surface area (Å²) in [6.07, 6.45) is 4.86. The van der Waals surface area contributed by atoms with Crippen LogP contribution in [0.1, 0.15) is 25.7 Å². The Morgan fingerprint density at radius 3 is 3.00 bits per heavy atom. The summed E-state index contributed by atoms with van der Waals surface area (Å²) in [7, 11) is 1.69. The number of piperidine rings is 1. The van der Waals surface area contributed by atoms with Gasteiger partial charge in [-0.2, -0.15) is 0 Å². The van der Waals surface area contributed by atoms with Crippen molar-refractivity contribution in [2.24, 2.45) is 0 Å². The summed E-state index contributed by atoms with van der Waals surface area (Å²) in [6, 6.07) is 5.01. The third-order valence-electron chi connectivity index (χ3n) is 5.01. The highest BCUT2D eigenvalue weighted by atomic mass is 16.5. The molecule has 6 nitrogen and oxygen atoms in total. The molecule has 0 aliphatic carbocycles. The molecule has 2 aliphatic rings. The third-order valence-corrected chi connectivity index (χ3v) is 5.01. The molecular weight excluding hydrogens is 296 g/mol. The standard InChI is InChI=1S/C17H24N2O4/c1-22-14-13-19(11-8-17(14)7-4-12-23-17)16(21)6-10-18-9-3-2-5-15(18)20/h2-3,5,9,14H,4,6-8,10-13H2,1H3/t14-,17-/m0/s1. The summed E-state index contributed by atoms with van der Waals surface area (Å²) in [5.41, 5.74) is -0.283. The van der Waals surface area contributed by atoms with Gasteiger partial charge in [0, 0.05) is 52.0 Å². The van der Waals surface area contributed by atoms with Gasteiger partial charge in [-0.25, -0.2) is 0 Å². The fourth-order valence-corrected chi connectivity index (χ4v) is 3.65. The molecule has 2 atom stereocenters. The maximum absolute atomic E-state index is 12.5. The van der Waals surface area contributed by atoms with Gasteiger partial charge in [0.15, 0.2) is 0 Å². The molecule has 1 amide bonds. The van der Waals surface area contributed by atoms with E-state index in [1.807, 2.05) is 4.90 Å². The summed E-state index contributed by atoms with van der Waals surface area (Å²) in [4.78, 5) is 26.0. The second-order valence-corrected chi connectivity index (χ2v) is 6.31. The number of amides is 1. The van der Waals surface area contributed by atoms with Crippen LogP contribution in [0.4, 0.5) is 0 Å². The Kier molecular flexibility index (Phi) is 4.82. The fourth-order valence-electron chi connectivity index (χ4n) is 3.65. The number of carbonyl (C=O) groups excluding carboxylic acids is 1. The van der Waals surface area contributed by atoms with Gasteiger partial charge in [0.25, 0.3) is 5.56 Å². The molecule has 2 saturated heterocycles. The summed E-state index contributed by atoms with van der Waals surface area (Å²) in [5.74, 6) is 0.0654. The zero-order valence-electron chi connectivity index (χ0n) is 13.6. The van der Waals surface area contributed by atoms with Crippen molar-refractivity contribution >= 4 is 5.91 Å². The number of likely N-dealkylation sites (tertiary alicyclic amines) is 1. The molecule has 3 heterocycles. The van der Waals surface area contributed by atoms with E-state index in [9.17, 15) is 9.59 Å². The summed E-state index contributed by atoms with van der Waals surface area (Å²) < 4.78 is 13.1. The number of hydrogen-bond acceptors (Lipinski definition) is 4. The highest BCUT2D eigenvalue weighted by Crippen LogP contribution is 2.37. The van der Waals surface area contributed by atoms with E-state index < -0.39 is 0 Å². The first-order valence-electron chi connectivity index (χ1n) is 8.25. The normalized spacial score (nSPS) is 27.5. The number of rotatable bonds is 4. The molecule has 0 bridgehead atoms. The number of ether oxygens (including phenoxy) is 2. The number of pyridine rings is 1. The van der Waals surface area contributed by atoms with Gasteiger partial charge in [-0.1, -0.05) is 6.07 Å². The molecule has 0 saturated carbocycles. The molecule has 6 heteroatoms. The van der Waals surface area contributed by atoms with E-state index in [1.54, 1.807) is 30.0 Å². The number of carbonyl (C=O) groups is 1. The number of aromatic nitrogens is 1. The van der Waals surface area contributed by atoms with E-state index >= 15 is 0 Å². The molecular formula is C17H24N2O4. The maximum atomic E-state index is 12.5. The summed E-state index contributed by atoms with van der Waals surface area (Å²) in [6.45, 7) is 2.46. The van der Waals surface area contributed by atoms with Crippen LogP contribution < -0.4 is 5.56 Å². The third kappa shape index (κ3) is 3.33.